The number of aliphatic hydroxyl groups excluding tert-OH is 3. The van der Waals surface area contributed by atoms with Gasteiger partial charge in [-0.2, -0.15) is 9.78 Å². The van der Waals surface area contributed by atoms with Crippen molar-refractivity contribution in [1.29, 1.82) is 0 Å². The van der Waals surface area contributed by atoms with Crippen molar-refractivity contribution in [1.82, 2.24) is 0 Å². The molecule has 0 fully saturated rings. The van der Waals surface area contributed by atoms with Crippen molar-refractivity contribution in [2.45, 2.75) is 104 Å². The van der Waals surface area contributed by atoms with Crippen molar-refractivity contribution in [2.24, 2.45) is 5.92 Å². The molecule has 7 heteroatoms. The summed E-state index contributed by atoms with van der Waals surface area (Å²) in [4.78, 5) is 21.9. The first-order valence-electron chi connectivity index (χ1n) is 8.93. The predicted octanol–water partition coefficient (Wildman–Crippen LogP) is 2.72. The molecule has 0 bridgehead atoms. The van der Waals surface area contributed by atoms with Gasteiger partial charge in [0.05, 0.1) is 12.2 Å². The van der Waals surface area contributed by atoms with Gasteiger partial charge in [-0.15, -0.1) is 0 Å². The van der Waals surface area contributed by atoms with E-state index in [-0.39, 0.29) is 5.92 Å². The molecule has 25 heavy (non-hydrogen) atoms. The Morgan fingerprint density at radius 1 is 0.680 bits per heavy atom. The summed E-state index contributed by atoms with van der Waals surface area (Å²) in [6, 6.07) is 0. The Labute approximate surface area is 152 Å². The first-order valence-corrected chi connectivity index (χ1v) is 8.93. The Balaban J connectivity index is 5.05. The lowest BCUT2D eigenvalue weighted by Gasteiger charge is -2.37. The van der Waals surface area contributed by atoms with E-state index in [1.807, 2.05) is 13.8 Å². The van der Waals surface area contributed by atoms with Gasteiger partial charge in [0.25, 0.3) is 5.79 Å². The van der Waals surface area contributed by atoms with Gasteiger partial charge in [-0.3, -0.25) is 0 Å². The summed E-state index contributed by atoms with van der Waals surface area (Å²) >= 11 is 0. The lowest BCUT2D eigenvalue weighted by molar-refractivity contribution is -0.550. The second kappa shape index (κ2) is 10.2. The van der Waals surface area contributed by atoms with E-state index in [0.29, 0.717) is 19.3 Å². The molecule has 0 aliphatic rings. The molecule has 0 saturated heterocycles. The van der Waals surface area contributed by atoms with Crippen LogP contribution in [0.3, 0.4) is 0 Å². The van der Waals surface area contributed by atoms with E-state index < -0.39 is 35.8 Å². The second-order valence-corrected chi connectivity index (χ2v) is 8.63. The van der Waals surface area contributed by atoms with Gasteiger partial charge >= 0.3 is 0 Å². The fourth-order valence-corrected chi connectivity index (χ4v) is 2.69. The van der Waals surface area contributed by atoms with Crippen LogP contribution in [0.5, 0.6) is 0 Å². The molecular weight excluding hydrogens is 328 g/mol. The molecule has 0 aliphatic heterocycles. The van der Waals surface area contributed by atoms with Crippen LogP contribution < -0.4 is 0 Å². The van der Waals surface area contributed by atoms with E-state index in [1.54, 1.807) is 41.5 Å². The standard InChI is InChI=1S/C18H38O7/c1-13(2)9-18(12-19,24-22-16(5,6)10-14(3)20)25-23-17(7,8)11-15(4)21/h13-15,19-21H,9-12H2,1-8H3. The topological polar surface area (TPSA) is 97.6 Å². The highest BCUT2D eigenvalue weighted by atomic mass is 17.3. The minimum Gasteiger partial charge on any atom is -0.393 e. The molecule has 0 radical (unpaired) electrons. The van der Waals surface area contributed by atoms with E-state index in [9.17, 15) is 15.3 Å². The lowest BCUT2D eigenvalue weighted by atomic mass is 10.0. The quantitative estimate of drug-likeness (QED) is 0.262. The summed E-state index contributed by atoms with van der Waals surface area (Å²) < 4.78 is 0. The summed E-state index contributed by atoms with van der Waals surface area (Å²) in [6.45, 7) is 13.9. The van der Waals surface area contributed by atoms with Crippen LogP contribution in [0.2, 0.25) is 0 Å². The van der Waals surface area contributed by atoms with E-state index in [4.69, 9.17) is 19.6 Å². The van der Waals surface area contributed by atoms with Gasteiger partial charge in [0.1, 0.15) is 17.8 Å². The minimum absolute atomic E-state index is 0.138. The van der Waals surface area contributed by atoms with Crippen molar-refractivity contribution >= 4 is 0 Å². The Kier molecular flexibility index (Phi) is 10.0. The van der Waals surface area contributed by atoms with E-state index >= 15 is 0 Å². The maximum absolute atomic E-state index is 9.87. The molecule has 3 N–H and O–H groups in total. The molecule has 0 aliphatic carbocycles. The fourth-order valence-electron chi connectivity index (χ4n) is 2.69. The number of hydrogen-bond donors (Lipinski definition) is 3. The summed E-state index contributed by atoms with van der Waals surface area (Å²) in [5.41, 5.74) is -1.55. The first-order chi connectivity index (χ1) is 11.2. The van der Waals surface area contributed by atoms with Crippen LogP contribution >= 0.6 is 0 Å². The average molecular weight is 366 g/mol. The van der Waals surface area contributed by atoms with Crippen molar-refractivity contribution < 1.29 is 34.9 Å². The Morgan fingerprint density at radius 3 is 1.28 bits per heavy atom. The molecule has 2 unspecified atom stereocenters. The zero-order valence-corrected chi connectivity index (χ0v) is 17.0. The molecule has 0 spiro atoms. The zero-order valence-electron chi connectivity index (χ0n) is 17.0. The highest BCUT2D eigenvalue weighted by molar-refractivity contribution is 4.74. The summed E-state index contributed by atoms with van der Waals surface area (Å²) in [5, 5.41) is 29.0. The van der Waals surface area contributed by atoms with Crippen LogP contribution in [0.15, 0.2) is 0 Å². The van der Waals surface area contributed by atoms with E-state index in [0.717, 1.165) is 0 Å². The molecule has 0 aromatic heterocycles. The van der Waals surface area contributed by atoms with Crippen LogP contribution in [-0.4, -0.2) is 51.1 Å². The summed E-state index contributed by atoms with van der Waals surface area (Å²) in [6.07, 6.45) is -0.0857. The van der Waals surface area contributed by atoms with Crippen molar-refractivity contribution in [3.8, 4) is 0 Å². The first kappa shape index (κ1) is 24.7. The molecule has 0 aromatic carbocycles. The van der Waals surface area contributed by atoms with E-state index in [2.05, 4.69) is 0 Å². The Hall–Kier alpha value is -0.280. The molecule has 0 saturated carbocycles. The highest BCUT2D eigenvalue weighted by Crippen LogP contribution is 2.30. The van der Waals surface area contributed by atoms with Crippen molar-refractivity contribution in [3.63, 3.8) is 0 Å². The third-order valence-corrected chi connectivity index (χ3v) is 3.37. The van der Waals surface area contributed by atoms with Gasteiger partial charge < -0.3 is 15.3 Å². The molecule has 0 rings (SSSR count). The smallest absolute Gasteiger partial charge is 0.256 e. The van der Waals surface area contributed by atoms with Gasteiger partial charge in [-0.25, -0.2) is 9.78 Å². The molecule has 0 heterocycles. The summed E-state index contributed by atoms with van der Waals surface area (Å²) in [5.74, 6) is -1.36. The van der Waals surface area contributed by atoms with Gasteiger partial charge in [0.15, 0.2) is 0 Å². The monoisotopic (exact) mass is 366 g/mol. The van der Waals surface area contributed by atoms with Gasteiger partial charge in [0, 0.05) is 19.3 Å². The minimum atomic E-state index is -1.50. The molecule has 7 nitrogen and oxygen atoms in total. The number of hydrogen-bond acceptors (Lipinski definition) is 7. The molecule has 0 amide bonds. The van der Waals surface area contributed by atoms with E-state index in [1.165, 1.54) is 0 Å². The van der Waals surface area contributed by atoms with Crippen LogP contribution in [0.4, 0.5) is 0 Å². The van der Waals surface area contributed by atoms with Crippen LogP contribution in [0, 0.1) is 5.92 Å². The zero-order chi connectivity index (χ0) is 19.9. The predicted molar refractivity (Wildman–Crippen MR) is 94.4 cm³/mol. The molecule has 2 atom stereocenters. The van der Waals surface area contributed by atoms with Gasteiger partial charge in [-0.05, 0) is 47.5 Å². The number of aliphatic hydroxyl groups is 3. The van der Waals surface area contributed by atoms with Crippen molar-refractivity contribution in [3.05, 3.63) is 0 Å². The highest BCUT2D eigenvalue weighted by Gasteiger charge is 2.40. The molecular formula is C18H38O7. The number of rotatable bonds is 13. The fraction of sp³-hybridized carbons (Fsp3) is 1.00. The second-order valence-electron chi connectivity index (χ2n) is 8.63. The Morgan fingerprint density at radius 2 is 1.04 bits per heavy atom. The lowest BCUT2D eigenvalue weighted by Crippen LogP contribution is -2.46. The van der Waals surface area contributed by atoms with Crippen molar-refractivity contribution in [2.75, 3.05) is 6.61 Å². The molecule has 152 valence electrons. The van der Waals surface area contributed by atoms with Crippen LogP contribution in [0.1, 0.15) is 74.7 Å². The third kappa shape index (κ3) is 11.1. The Bertz CT molecular complexity index is 338. The SMILES string of the molecule is CC(C)CC(CO)(OOC(C)(C)CC(C)O)OOC(C)(C)CC(C)O. The third-order valence-electron chi connectivity index (χ3n) is 3.37. The van der Waals surface area contributed by atoms with Gasteiger partial charge in [0.2, 0.25) is 0 Å². The normalized spacial score (nSPS) is 18.2. The maximum Gasteiger partial charge on any atom is 0.256 e. The summed E-state index contributed by atoms with van der Waals surface area (Å²) in [7, 11) is 0. The maximum atomic E-state index is 9.87. The molecule has 0 aromatic rings. The van der Waals surface area contributed by atoms with Crippen LogP contribution in [0.25, 0.3) is 0 Å². The van der Waals surface area contributed by atoms with Crippen LogP contribution in [-0.2, 0) is 19.6 Å². The average Bonchev–Trinajstić information content (AvgIpc) is 2.39. The largest absolute Gasteiger partial charge is 0.393 e. The van der Waals surface area contributed by atoms with Gasteiger partial charge in [-0.1, -0.05) is 13.8 Å².